The van der Waals surface area contributed by atoms with Gasteiger partial charge in [0.15, 0.2) is 6.10 Å². The number of unbranched alkanes of at least 4 members (excludes halogenated alkanes) is 30. The molecule has 0 aliphatic rings. The van der Waals surface area contributed by atoms with Gasteiger partial charge in [-0.05, 0) is 116 Å². The number of esters is 2. The van der Waals surface area contributed by atoms with E-state index >= 15 is 0 Å². The van der Waals surface area contributed by atoms with Crippen molar-refractivity contribution in [3.63, 3.8) is 0 Å². The summed E-state index contributed by atoms with van der Waals surface area (Å²) < 4.78 is 23.0. The molecule has 9 nitrogen and oxygen atoms in total. The molecule has 0 aliphatic carbocycles. The molecule has 0 aromatic carbocycles. The number of quaternary nitrogens is 1. The summed E-state index contributed by atoms with van der Waals surface area (Å²) >= 11 is 0. The summed E-state index contributed by atoms with van der Waals surface area (Å²) in [5.74, 6) is -2.01. The molecule has 0 radical (unpaired) electrons. The van der Waals surface area contributed by atoms with E-state index in [0.29, 0.717) is 23.9 Å². The SMILES string of the molecule is CC/C=C\C/C=C\C/C=C\C/C=C\C/C=C\C/C=C\C/C=C\CCCCCCCCCCCCCC(=O)OC(COC(=O)CCCCCCCCCCCCCCCCCCCCC/C=C\C/C=C\C/C=C\C/C=C\C/C=C\CC)COC(OCC[N+](C)(C)C)C(=O)O. The van der Waals surface area contributed by atoms with Gasteiger partial charge < -0.3 is 28.5 Å². The van der Waals surface area contributed by atoms with Gasteiger partial charge in [0.25, 0.3) is 6.29 Å². The van der Waals surface area contributed by atoms with Crippen LogP contribution in [-0.2, 0) is 33.3 Å². The quantitative estimate of drug-likeness (QED) is 0.0211. The minimum absolute atomic E-state index is 0.182. The molecule has 0 heterocycles. The van der Waals surface area contributed by atoms with E-state index in [0.717, 1.165) is 122 Å². The van der Waals surface area contributed by atoms with Gasteiger partial charge in [-0.25, -0.2) is 4.79 Å². The summed E-state index contributed by atoms with van der Waals surface area (Å²) in [4.78, 5) is 37.7. The number of ether oxygens (including phenoxy) is 4. The number of hydrogen-bond donors (Lipinski definition) is 1. The van der Waals surface area contributed by atoms with E-state index in [1.807, 2.05) is 21.1 Å². The van der Waals surface area contributed by atoms with Crippen molar-refractivity contribution in [1.29, 1.82) is 0 Å². The minimum Gasteiger partial charge on any atom is -0.477 e. The van der Waals surface area contributed by atoms with Gasteiger partial charge in [0.1, 0.15) is 13.2 Å². The average molecular weight is 1290 g/mol. The molecule has 2 atom stereocenters. The summed E-state index contributed by atoms with van der Waals surface area (Å²) in [6.45, 7) is 4.66. The van der Waals surface area contributed by atoms with E-state index in [1.165, 1.54) is 154 Å². The Labute approximate surface area is 572 Å². The van der Waals surface area contributed by atoms with Gasteiger partial charge in [-0.2, -0.15) is 0 Å². The second kappa shape index (κ2) is 73.0. The molecule has 0 spiro atoms. The fourth-order valence-electron chi connectivity index (χ4n) is 10.4. The molecule has 0 aromatic heterocycles. The monoisotopic (exact) mass is 1290 g/mol. The second-order valence-corrected chi connectivity index (χ2v) is 26.2. The third-order valence-electron chi connectivity index (χ3n) is 16.1. The zero-order chi connectivity index (χ0) is 67.5. The smallest absolute Gasteiger partial charge is 0.361 e. The lowest BCUT2D eigenvalue weighted by Gasteiger charge is -2.25. The van der Waals surface area contributed by atoms with Crippen molar-refractivity contribution in [2.45, 2.75) is 322 Å². The Kier molecular flexibility index (Phi) is 69.2. The van der Waals surface area contributed by atoms with E-state index in [1.54, 1.807) is 0 Å². The third kappa shape index (κ3) is 74.4. The van der Waals surface area contributed by atoms with Crippen LogP contribution in [0.1, 0.15) is 309 Å². The lowest BCUT2D eigenvalue weighted by atomic mass is 10.0. The number of carboxylic acids is 1. The summed E-state index contributed by atoms with van der Waals surface area (Å²) in [6, 6.07) is 0. The van der Waals surface area contributed by atoms with Crippen LogP contribution in [0.25, 0.3) is 0 Å². The predicted molar refractivity (Wildman–Crippen MR) is 400 cm³/mol. The Hall–Kier alpha value is -4.83. The Morgan fingerprint density at radius 1 is 0.323 bits per heavy atom. The molecular formula is C84H142NO8+. The van der Waals surface area contributed by atoms with Crippen LogP contribution in [0, 0.1) is 0 Å². The van der Waals surface area contributed by atoms with Crippen molar-refractivity contribution in [3.05, 3.63) is 146 Å². The van der Waals surface area contributed by atoms with Gasteiger partial charge in [-0.15, -0.1) is 0 Å². The molecule has 0 aromatic rings. The number of carboxylic acid groups (broad SMARTS) is 1. The lowest BCUT2D eigenvalue weighted by Crippen LogP contribution is -2.40. The van der Waals surface area contributed by atoms with E-state index in [9.17, 15) is 19.5 Å². The van der Waals surface area contributed by atoms with Crippen LogP contribution in [-0.4, -0.2) is 87.4 Å². The number of rotatable bonds is 69. The highest BCUT2D eigenvalue weighted by Gasteiger charge is 2.25. The molecular weight excluding hydrogens is 1150 g/mol. The van der Waals surface area contributed by atoms with E-state index in [2.05, 4.69) is 160 Å². The van der Waals surface area contributed by atoms with Crippen molar-refractivity contribution in [3.8, 4) is 0 Å². The van der Waals surface area contributed by atoms with E-state index in [-0.39, 0.29) is 32.2 Å². The number of carbonyl (C=O) groups excluding carboxylic acids is 2. The first-order chi connectivity index (χ1) is 45.6. The largest absolute Gasteiger partial charge is 0.477 e. The molecule has 0 aliphatic heterocycles. The molecule has 0 saturated heterocycles. The number of allylic oxidation sites excluding steroid dienone is 24. The van der Waals surface area contributed by atoms with Crippen LogP contribution in [0.5, 0.6) is 0 Å². The number of likely N-dealkylation sites (N-methyl/N-ethyl adjacent to an activating group) is 1. The van der Waals surface area contributed by atoms with Crippen molar-refractivity contribution in [2.24, 2.45) is 0 Å². The fraction of sp³-hybridized carbons (Fsp3) is 0.679. The van der Waals surface area contributed by atoms with Gasteiger partial charge in [0, 0.05) is 12.8 Å². The van der Waals surface area contributed by atoms with Crippen LogP contribution >= 0.6 is 0 Å². The molecule has 530 valence electrons. The number of aliphatic carboxylic acids is 1. The molecule has 93 heavy (non-hydrogen) atoms. The summed E-state index contributed by atoms with van der Waals surface area (Å²) in [5, 5.41) is 9.77. The summed E-state index contributed by atoms with van der Waals surface area (Å²) in [7, 11) is 5.98. The fourth-order valence-corrected chi connectivity index (χ4v) is 10.4. The van der Waals surface area contributed by atoms with E-state index in [4.69, 9.17) is 18.9 Å². The average Bonchev–Trinajstić information content (AvgIpc) is 3.74. The first kappa shape index (κ1) is 88.2. The summed E-state index contributed by atoms with van der Waals surface area (Å²) in [5.41, 5.74) is 0. The van der Waals surface area contributed by atoms with Crippen molar-refractivity contribution in [1.82, 2.24) is 0 Å². The van der Waals surface area contributed by atoms with Gasteiger partial charge in [0.2, 0.25) is 0 Å². The zero-order valence-corrected chi connectivity index (χ0v) is 60.6. The van der Waals surface area contributed by atoms with Crippen molar-refractivity contribution >= 4 is 17.9 Å². The van der Waals surface area contributed by atoms with Crippen LogP contribution in [0.4, 0.5) is 0 Å². The minimum atomic E-state index is -1.52. The van der Waals surface area contributed by atoms with Crippen molar-refractivity contribution < 1.29 is 42.9 Å². The number of carbonyl (C=O) groups is 3. The van der Waals surface area contributed by atoms with Gasteiger partial charge in [0.05, 0.1) is 34.4 Å². The lowest BCUT2D eigenvalue weighted by molar-refractivity contribution is -0.870. The van der Waals surface area contributed by atoms with Gasteiger partial charge >= 0.3 is 17.9 Å². The van der Waals surface area contributed by atoms with Crippen LogP contribution in [0.15, 0.2) is 146 Å². The maximum absolute atomic E-state index is 13.0. The maximum Gasteiger partial charge on any atom is 0.361 e. The third-order valence-corrected chi connectivity index (χ3v) is 16.1. The van der Waals surface area contributed by atoms with Crippen LogP contribution in [0.2, 0.25) is 0 Å². The standard InChI is InChI=1S/C84H141NO8/c1-6-8-10-12-14-16-18-20-22-24-26-28-30-32-34-36-38-40-41-43-44-46-48-50-52-54-56-58-60-62-64-66-68-70-72-74-81(86)91-78-80(79-92-84(83(88)89)90-77-76-85(3,4)5)93-82(87)75-73-71-69-67-65-63-61-59-57-55-53-51-49-47-45-42-39-37-35-33-31-29-27-25-23-21-19-17-15-13-11-9-7-2/h8-11,14-17,20-23,26-29,32-35,39,42,47,49,80,84H,6-7,12-13,18-19,24-25,30-31,36-38,40-41,43-46,48,50-79H2,1-5H3/p+1/b10-8-,11-9-,16-14-,17-15-,22-20-,23-21-,28-26-,29-27-,34-32-,35-33-,42-39-,49-47-. The summed E-state index contributed by atoms with van der Waals surface area (Å²) in [6.07, 6.45) is 104. The molecule has 9 heteroatoms. The van der Waals surface area contributed by atoms with Crippen LogP contribution < -0.4 is 0 Å². The van der Waals surface area contributed by atoms with Crippen LogP contribution in [0.3, 0.4) is 0 Å². The number of hydrogen-bond acceptors (Lipinski definition) is 7. The predicted octanol–water partition coefficient (Wildman–Crippen LogP) is 24.3. The molecule has 0 saturated carbocycles. The first-order valence-corrected chi connectivity index (χ1v) is 38.0. The highest BCUT2D eigenvalue weighted by molar-refractivity contribution is 5.71. The topological polar surface area (TPSA) is 108 Å². The Morgan fingerprint density at radius 3 is 0.860 bits per heavy atom. The Bertz CT molecular complexity index is 2040. The highest BCUT2D eigenvalue weighted by atomic mass is 16.7. The molecule has 2 unspecified atom stereocenters. The van der Waals surface area contributed by atoms with Gasteiger partial charge in [-0.3, -0.25) is 9.59 Å². The maximum atomic E-state index is 13.0. The van der Waals surface area contributed by atoms with E-state index < -0.39 is 24.3 Å². The Morgan fingerprint density at radius 2 is 0.581 bits per heavy atom. The number of nitrogens with zero attached hydrogens (tertiary/aromatic N) is 1. The first-order valence-electron chi connectivity index (χ1n) is 38.0. The molecule has 0 bridgehead atoms. The van der Waals surface area contributed by atoms with Crippen molar-refractivity contribution in [2.75, 3.05) is 47.5 Å². The Balaban J connectivity index is 4.09. The zero-order valence-electron chi connectivity index (χ0n) is 60.6. The molecule has 0 fully saturated rings. The molecule has 1 N–H and O–H groups in total. The second-order valence-electron chi connectivity index (χ2n) is 26.2. The molecule has 0 amide bonds. The molecule has 0 rings (SSSR count). The normalized spacial score (nSPS) is 13.5. The highest BCUT2D eigenvalue weighted by Crippen LogP contribution is 2.18. The van der Waals surface area contributed by atoms with Gasteiger partial charge in [-0.1, -0.05) is 327 Å².